The maximum absolute atomic E-state index is 12.1. The highest BCUT2D eigenvalue weighted by Crippen LogP contribution is 2.15. The zero-order valence-electron chi connectivity index (χ0n) is 12.8. The first kappa shape index (κ1) is 15.7. The third-order valence-corrected chi connectivity index (χ3v) is 4.60. The van der Waals surface area contributed by atoms with Crippen molar-refractivity contribution in [3.8, 4) is 0 Å². The molecule has 0 aliphatic carbocycles. The number of H-pyrrole nitrogens is 1. The maximum atomic E-state index is 12.1. The number of amides is 2. The van der Waals surface area contributed by atoms with Crippen LogP contribution in [-0.4, -0.2) is 58.6 Å². The van der Waals surface area contributed by atoms with E-state index in [0.717, 1.165) is 35.6 Å². The zero-order valence-corrected chi connectivity index (χ0v) is 13.6. The number of fused-ring (bicyclic) bond motifs is 1. The second kappa shape index (κ2) is 6.91. The number of aromatic amines is 1. The Balaban J connectivity index is 1.66. The van der Waals surface area contributed by atoms with Crippen molar-refractivity contribution in [3.05, 3.63) is 29.6 Å². The quantitative estimate of drug-likeness (QED) is 0.833. The summed E-state index contributed by atoms with van der Waals surface area (Å²) < 4.78 is 4.70. The molecule has 1 aromatic carbocycles. The van der Waals surface area contributed by atoms with E-state index in [1.54, 1.807) is 18.2 Å². The summed E-state index contributed by atoms with van der Waals surface area (Å²) in [6.07, 6.45) is 0. The number of benzene rings is 1. The van der Waals surface area contributed by atoms with Gasteiger partial charge in [0.25, 0.3) is 0 Å². The molecule has 2 heterocycles. The minimum Gasteiger partial charge on any atom is -0.465 e. The molecule has 23 heavy (non-hydrogen) atoms. The summed E-state index contributed by atoms with van der Waals surface area (Å²) in [5.74, 6) is 2.23. The van der Waals surface area contributed by atoms with Crippen molar-refractivity contribution in [2.45, 2.75) is 6.54 Å². The van der Waals surface area contributed by atoms with E-state index < -0.39 is 0 Å². The average Bonchev–Trinajstić information content (AvgIpc) is 3.01. The Bertz CT molecular complexity index is 725. The number of carbonyl (C=O) groups excluding carboxylic acids is 2. The highest BCUT2D eigenvalue weighted by molar-refractivity contribution is 7.99. The number of nitrogens with zero attached hydrogens (tertiary/aromatic N) is 2. The molecule has 0 unspecified atom stereocenters. The Hall–Kier alpha value is -2.22. The number of hydrogen-bond donors (Lipinski definition) is 2. The Morgan fingerprint density at radius 3 is 2.91 bits per heavy atom. The maximum Gasteiger partial charge on any atom is 0.337 e. The van der Waals surface area contributed by atoms with Gasteiger partial charge in [-0.1, -0.05) is 0 Å². The molecule has 0 atom stereocenters. The van der Waals surface area contributed by atoms with Gasteiger partial charge in [0.05, 0.1) is 30.3 Å². The Kier molecular flexibility index (Phi) is 4.71. The molecular weight excluding hydrogens is 316 g/mol. The number of nitrogens with one attached hydrogen (secondary N) is 2. The van der Waals surface area contributed by atoms with Crippen LogP contribution in [0.25, 0.3) is 11.0 Å². The molecule has 1 aliphatic rings. The fraction of sp³-hybridized carbons (Fsp3) is 0.400. The van der Waals surface area contributed by atoms with Gasteiger partial charge in [-0.15, -0.1) is 0 Å². The van der Waals surface area contributed by atoms with E-state index in [1.165, 1.54) is 7.11 Å². The van der Waals surface area contributed by atoms with E-state index in [4.69, 9.17) is 4.74 Å². The molecule has 8 heteroatoms. The first-order valence-electron chi connectivity index (χ1n) is 7.35. The molecule has 2 aromatic rings. The highest BCUT2D eigenvalue weighted by Gasteiger charge is 2.16. The molecule has 0 radical (unpaired) electrons. The monoisotopic (exact) mass is 334 g/mol. The Morgan fingerprint density at radius 2 is 2.17 bits per heavy atom. The van der Waals surface area contributed by atoms with Crippen LogP contribution in [0.1, 0.15) is 16.2 Å². The van der Waals surface area contributed by atoms with E-state index in [1.807, 2.05) is 16.7 Å². The predicted octanol–water partition coefficient (Wildman–Crippen LogP) is 1.61. The minimum atomic E-state index is -0.390. The Labute approximate surface area is 137 Å². The molecule has 1 saturated heterocycles. The van der Waals surface area contributed by atoms with Gasteiger partial charge in [0, 0.05) is 24.6 Å². The van der Waals surface area contributed by atoms with Gasteiger partial charge in [0.2, 0.25) is 0 Å². The van der Waals surface area contributed by atoms with Gasteiger partial charge in [0.15, 0.2) is 0 Å². The molecule has 3 rings (SSSR count). The lowest BCUT2D eigenvalue weighted by Gasteiger charge is -2.26. The molecule has 0 spiro atoms. The van der Waals surface area contributed by atoms with Crippen LogP contribution in [0.15, 0.2) is 18.2 Å². The van der Waals surface area contributed by atoms with Gasteiger partial charge in [-0.25, -0.2) is 14.6 Å². The molecule has 1 aromatic heterocycles. The number of esters is 1. The van der Waals surface area contributed by atoms with Crippen LogP contribution in [0.2, 0.25) is 0 Å². The molecule has 122 valence electrons. The molecule has 7 nitrogen and oxygen atoms in total. The first-order valence-corrected chi connectivity index (χ1v) is 8.50. The lowest BCUT2D eigenvalue weighted by atomic mass is 10.2. The van der Waals surface area contributed by atoms with Crippen LogP contribution >= 0.6 is 11.8 Å². The van der Waals surface area contributed by atoms with Crippen molar-refractivity contribution in [1.29, 1.82) is 0 Å². The fourth-order valence-corrected chi connectivity index (χ4v) is 3.33. The third kappa shape index (κ3) is 3.58. The molecule has 2 amide bonds. The largest absolute Gasteiger partial charge is 0.465 e. The molecule has 2 N–H and O–H groups in total. The standard InChI is InChI=1S/C15H18N4O3S/c1-22-14(20)10-2-3-11-12(8-10)18-13(17-11)9-16-15(21)19-4-6-23-7-5-19/h2-3,8H,4-7,9H2,1H3,(H,16,21)(H,17,18). The number of hydrogen-bond acceptors (Lipinski definition) is 5. The second-order valence-corrected chi connectivity index (χ2v) is 6.39. The summed E-state index contributed by atoms with van der Waals surface area (Å²) >= 11 is 1.86. The molecule has 0 saturated carbocycles. The van der Waals surface area contributed by atoms with Crippen molar-refractivity contribution < 1.29 is 14.3 Å². The van der Waals surface area contributed by atoms with Crippen molar-refractivity contribution in [2.75, 3.05) is 31.7 Å². The van der Waals surface area contributed by atoms with Crippen LogP contribution in [0.3, 0.4) is 0 Å². The number of urea groups is 1. The minimum absolute atomic E-state index is 0.0685. The summed E-state index contributed by atoms with van der Waals surface area (Å²) in [7, 11) is 1.35. The summed E-state index contributed by atoms with van der Waals surface area (Å²) in [5, 5.41) is 2.87. The normalized spacial score (nSPS) is 14.7. The van der Waals surface area contributed by atoms with Crippen LogP contribution in [0.5, 0.6) is 0 Å². The number of thioether (sulfide) groups is 1. The van der Waals surface area contributed by atoms with E-state index in [-0.39, 0.29) is 12.0 Å². The number of ether oxygens (including phenoxy) is 1. The molecule has 0 bridgehead atoms. The summed E-state index contributed by atoms with van der Waals surface area (Å²) in [6.45, 7) is 1.88. The first-order chi connectivity index (χ1) is 11.2. The molecule has 1 fully saturated rings. The Morgan fingerprint density at radius 1 is 1.39 bits per heavy atom. The summed E-state index contributed by atoms with van der Waals surface area (Å²) in [6, 6.07) is 5.05. The fourth-order valence-electron chi connectivity index (χ4n) is 2.43. The van der Waals surface area contributed by atoms with Gasteiger partial charge >= 0.3 is 12.0 Å². The van der Waals surface area contributed by atoms with Gasteiger partial charge in [0.1, 0.15) is 5.82 Å². The van der Waals surface area contributed by atoms with Crippen LogP contribution in [-0.2, 0) is 11.3 Å². The van der Waals surface area contributed by atoms with Crippen molar-refractivity contribution in [2.24, 2.45) is 0 Å². The summed E-state index contributed by atoms with van der Waals surface area (Å²) in [4.78, 5) is 32.9. The molecular formula is C15H18N4O3S. The van der Waals surface area contributed by atoms with Gasteiger partial charge in [-0.2, -0.15) is 11.8 Å². The number of imidazole rings is 1. The van der Waals surface area contributed by atoms with Crippen LogP contribution < -0.4 is 5.32 Å². The lowest BCUT2D eigenvalue weighted by Crippen LogP contribution is -2.44. The van der Waals surface area contributed by atoms with Crippen LogP contribution in [0.4, 0.5) is 4.79 Å². The zero-order chi connectivity index (χ0) is 16.2. The van der Waals surface area contributed by atoms with Gasteiger partial charge < -0.3 is 19.9 Å². The number of carbonyl (C=O) groups is 2. The van der Waals surface area contributed by atoms with E-state index in [2.05, 4.69) is 15.3 Å². The number of rotatable bonds is 3. The SMILES string of the molecule is COC(=O)c1ccc2nc(CNC(=O)N3CCSCC3)[nH]c2c1. The molecule has 1 aliphatic heterocycles. The van der Waals surface area contributed by atoms with Gasteiger partial charge in [-0.3, -0.25) is 0 Å². The van der Waals surface area contributed by atoms with E-state index >= 15 is 0 Å². The second-order valence-electron chi connectivity index (χ2n) is 5.17. The third-order valence-electron chi connectivity index (χ3n) is 3.66. The predicted molar refractivity (Wildman–Crippen MR) is 88.6 cm³/mol. The smallest absolute Gasteiger partial charge is 0.337 e. The van der Waals surface area contributed by atoms with Crippen molar-refractivity contribution >= 4 is 34.8 Å². The lowest BCUT2D eigenvalue weighted by molar-refractivity contribution is 0.0601. The van der Waals surface area contributed by atoms with E-state index in [0.29, 0.717) is 17.9 Å². The number of aromatic nitrogens is 2. The van der Waals surface area contributed by atoms with Gasteiger partial charge in [-0.05, 0) is 18.2 Å². The van der Waals surface area contributed by atoms with Crippen LogP contribution in [0, 0.1) is 0 Å². The topological polar surface area (TPSA) is 87.3 Å². The average molecular weight is 334 g/mol. The number of methoxy groups -OCH3 is 1. The highest BCUT2D eigenvalue weighted by atomic mass is 32.2. The van der Waals surface area contributed by atoms with Crippen molar-refractivity contribution in [1.82, 2.24) is 20.2 Å². The van der Waals surface area contributed by atoms with E-state index in [9.17, 15) is 9.59 Å². The summed E-state index contributed by atoms with van der Waals surface area (Å²) in [5.41, 5.74) is 1.95. The van der Waals surface area contributed by atoms with Crippen molar-refractivity contribution in [3.63, 3.8) is 0 Å².